The van der Waals surface area contributed by atoms with Crippen molar-refractivity contribution in [1.29, 1.82) is 0 Å². The molecule has 1 N–H and O–H groups in total. The van der Waals surface area contributed by atoms with Crippen molar-refractivity contribution >= 4 is 43.5 Å². The zero-order valence-corrected chi connectivity index (χ0v) is 14.5. The molecule has 0 bridgehead atoms. The molecular weight excluding hydrogens is 405 g/mol. The van der Waals surface area contributed by atoms with Gasteiger partial charge in [0.15, 0.2) is 0 Å². The normalized spacial score (nSPS) is 10.3. The lowest BCUT2D eigenvalue weighted by atomic mass is 10.1. The SMILES string of the molecule is COc1c(C)cc(Br)cc1C(=O)Nc1ccc(Br)cc1F. The number of aryl methyl sites for hydroxylation is 1. The van der Waals surface area contributed by atoms with Gasteiger partial charge < -0.3 is 10.1 Å². The second-order valence-electron chi connectivity index (χ2n) is 4.38. The Labute approximate surface area is 138 Å². The summed E-state index contributed by atoms with van der Waals surface area (Å²) < 4.78 is 20.4. The van der Waals surface area contributed by atoms with Gasteiger partial charge in [0.1, 0.15) is 11.6 Å². The summed E-state index contributed by atoms with van der Waals surface area (Å²) in [5.74, 6) is -0.478. The first kappa shape index (κ1) is 16.0. The number of ether oxygens (including phenoxy) is 1. The van der Waals surface area contributed by atoms with Crippen LogP contribution in [0.3, 0.4) is 0 Å². The number of rotatable bonds is 3. The molecule has 0 aliphatic heterocycles. The third-order valence-corrected chi connectivity index (χ3v) is 3.82. The van der Waals surface area contributed by atoms with E-state index in [2.05, 4.69) is 37.2 Å². The lowest BCUT2D eigenvalue weighted by molar-refractivity contribution is 0.102. The van der Waals surface area contributed by atoms with Crippen molar-refractivity contribution in [2.24, 2.45) is 0 Å². The summed E-state index contributed by atoms with van der Waals surface area (Å²) in [5.41, 5.74) is 1.27. The second-order valence-corrected chi connectivity index (χ2v) is 6.21. The van der Waals surface area contributed by atoms with Crippen molar-refractivity contribution < 1.29 is 13.9 Å². The second kappa shape index (κ2) is 6.58. The zero-order valence-electron chi connectivity index (χ0n) is 11.3. The highest BCUT2D eigenvalue weighted by Gasteiger charge is 2.17. The molecule has 2 aromatic rings. The minimum Gasteiger partial charge on any atom is -0.496 e. The highest BCUT2D eigenvalue weighted by molar-refractivity contribution is 9.10. The van der Waals surface area contributed by atoms with Crippen LogP contribution < -0.4 is 10.1 Å². The standard InChI is InChI=1S/C15H12Br2FNO2/c1-8-5-10(17)6-11(14(8)21-2)15(20)19-13-4-3-9(16)7-12(13)18/h3-7H,1-2H3,(H,19,20). The minimum atomic E-state index is -0.511. The van der Waals surface area contributed by atoms with Crippen molar-refractivity contribution in [2.45, 2.75) is 6.92 Å². The Kier molecular flexibility index (Phi) is 5.00. The Morgan fingerprint density at radius 2 is 1.90 bits per heavy atom. The van der Waals surface area contributed by atoms with Gasteiger partial charge in [-0.15, -0.1) is 0 Å². The number of methoxy groups -OCH3 is 1. The van der Waals surface area contributed by atoms with E-state index in [0.29, 0.717) is 15.8 Å². The van der Waals surface area contributed by atoms with Crippen molar-refractivity contribution in [3.8, 4) is 5.75 Å². The largest absolute Gasteiger partial charge is 0.496 e. The highest BCUT2D eigenvalue weighted by atomic mass is 79.9. The van der Waals surface area contributed by atoms with Crippen LogP contribution in [0.2, 0.25) is 0 Å². The van der Waals surface area contributed by atoms with E-state index in [4.69, 9.17) is 4.74 Å². The average molecular weight is 417 g/mol. The molecule has 21 heavy (non-hydrogen) atoms. The molecule has 2 aromatic carbocycles. The molecule has 0 aliphatic carbocycles. The molecule has 1 amide bonds. The molecule has 0 radical (unpaired) electrons. The predicted molar refractivity (Wildman–Crippen MR) is 87.5 cm³/mol. The van der Waals surface area contributed by atoms with Crippen LogP contribution in [-0.2, 0) is 0 Å². The van der Waals surface area contributed by atoms with E-state index in [9.17, 15) is 9.18 Å². The highest BCUT2D eigenvalue weighted by Crippen LogP contribution is 2.29. The molecule has 6 heteroatoms. The summed E-state index contributed by atoms with van der Waals surface area (Å²) in [6.45, 7) is 1.83. The van der Waals surface area contributed by atoms with Crippen molar-refractivity contribution in [1.82, 2.24) is 0 Å². The summed E-state index contributed by atoms with van der Waals surface area (Å²) in [4.78, 5) is 12.3. The fourth-order valence-electron chi connectivity index (χ4n) is 1.95. The molecule has 0 unspecified atom stereocenters. The molecule has 0 spiro atoms. The maximum Gasteiger partial charge on any atom is 0.259 e. The molecule has 2 rings (SSSR count). The number of carbonyl (C=O) groups excluding carboxylic acids is 1. The Balaban J connectivity index is 2.36. The molecule has 0 saturated carbocycles. The Morgan fingerprint density at radius 3 is 2.52 bits per heavy atom. The first-order valence-corrected chi connectivity index (χ1v) is 7.61. The molecule has 0 aliphatic rings. The van der Waals surface area contributed by atoms with Gasteiger partial charge in [-0.25, -0.2) is 4.39 Å². The van der Waals surface area contributed by atoms with Crippen LogP contribution in [0.15, 0.2) is 39.3 Å². The van der Waals surface area contributed by atoms with Crippen LogP contribution in [0.5, 0.6) is 5.75 Å². The molecular formula is C15H12Br2FNO2. The van der Waals surface area contributed by atoms with Crippen molar-refractivity contribution in [2.75, 3.05) is 12.4 Å². The van der Waals surface area contributed by atoms with Gasteiger partial charge in [-0.05, 0) is 42.8 Å². The third kappa shape index (κ3) is 3.63. The number of amides is 1. The first-order chi connectivity index (χ1) is 9.92. The Bertz CT molecular complexity index is 704. The lowest BCUT2D eigenvalue weighted by Gasteiger charge is -2.13. The van der Waals surface area contributed by atoms with E-state index >= 15 is 0 Å². The smallest absolute Gasteiger partial charge is 0.259 e. The summed E-state index contributed by atoms with van der Waals surface area (Å²) in [7, 11) is 1.49. The van der Waals surface area contributed by atoms with Gasteiger partial charge in [0.2, 0.25) is 0 Å². The molecule has 0 aromatic heterocycles. The topological polar surface area (TPSA) is 38.3 Å². The van der Waals surface area contributed by atoms with E-state index in [1.807, 2.05) is 13.0 Å². The summed E-state index contributed by atoms with van der Waals surface area (Å²) in [5, 5.41) is 2.55. The van der Waals surface area contributed by atoms with Gasteiger partial charge >= 0.3 is 0 Å². The minimum absolute atomic E-state index is 0.114. The number of hydrogen-bond donors (Lipinski definition) is 1. The van der Waals surface area contributed by atoms with Crippen LogP contribution in [0, 0.1) is 12.7 Å². The van der Waals surface area contributed by atoms with E-state index in [1.54, 1.807) is 12.1 Å². The molecule has 3 nitrogen and oxygen atoms in total. The molecule has 110 valence electrons. The first-order valence-electron chi connectivity index (χ1n) is 6.03. The summed E-state index contributed by atoms with van der Waals surface area (Å²) >= 11 is 6.51. The average Bonchev–Trinajstić information content (AvgIpc) is 2.41. The number of halogens is 3. The number of anilines is 1. The van der Waals surface area contributed by atoms with Gasteiger partial charge in [0.25, 0.3) is 5.91 Å². The van der Waals surface area contributed by atoms with E-state index in [1.165, 1.54) is 19.2 Å². The fourth-order valence-corrected chi connectivity index (χ4v) is 2.86. The molecule has 0 saturated heterocycles. The zero-order chi connectivity index (χ0) is 15.6. The maximum absolute atomic E-state index is 13.8. The quantitative estimate of drug-likeness (QED) is 0.771. The van der Waals surface area contributed by atoms with Gasteiger partial charge in [-0.2, -0.15) is 0 Å². The van der Waals surface area contributed by atoms with E-state index in [-0.39, 0.29) is 5.69 Å². The number of carbonyl (C=O) groups is 1. The number of hydrogen-bond acceptors (Lipinski definition) is 2. The van der Waals surface area contributed by atoms with Crippen LogP contribution in [-0.4, -0.2) is 13.0 Å². The van der Waals surface area contributed by atoms with E-state index < -0.39 is 11.7 Å². The van der Waals surface area contributed by atoms with Crippen LogP contribution in [0.4, 0.5) is 10.1 Å². The maximum atomic E-state index is 13.8. The molecule has 0 atom stereocenters. The third-order valence-electron chi connectivity index (χ3n) is 2.87. The van der Waals surface area contributed by atoms with E-state index in [0.717, 1.165) is 10.0 Å². The number of nitrogens with one attached hydrogen (secondary N) is 1. The lowest BCUT2D eigenvalue weighted by Crippen LogP contribution is -2.14. The summed E-state index contributed by atoms with van der Waals surface area (Å²) in [6.07, 6.45) is 0. The van der Waals surface area contributed by atoms with Gasteiger partial charge in [0, 0.05) is 8.95 Å². The summed E-state index contributed by atoms with van der Waals surface area (Å²) in [6, 6.07) is 7.92. The van der Waals surface area contributed by atoms with Crippen molar-refractivity contribution in [3.05, 3.63) is 56.2 Å². The molecule has 0 heterocycles. The molecule has 0 fully saturated rings. The number of benzene rings is 2. The van der Waals surface area contributed by atoms with Crippen LogP contribution >= 0.6 is 31.9 Å². The van der Waals surface area contributed by atoms with Gasteiger partial charge in [0.05, 0.1) is 18.4 Å². The van der Waals surface area contributed by atoms with Gasteiger partial charge in [-0.1, -0.05) is 31.9 Å². The Morgan fingerprint density at radius 1 is 1.19 bits per heavy atom. The Hall–Kier alpha value is -1.40. The van der Waals surface area contributed by atoms with Crippen LogP contribution in [0.25, 0.3) is 0 Å². The fraction of sp³-hybridized carbons (Fsp3) is 0.133. The van der Waals surface area contributed by atoms with Crippen molar-refractivity contribution in [3.63, 3.8) is 0 Å². The van der Waals surface area contributed by atoms with Gasteiger partial charge in [-0.3, -0.25) is 4.79 Å². The van der Waals surface area contributed by atoms with Crippen LogP contribution in [0.1, 0.15) is 15.9 Å². The monoisotopic (exact) mass is 415 g/mol. The predicted octanol–water partition coefficient (Wildman–Crippen LogP) is 4.92.